The first-order valence-corrected chi connectivity index (χ1v) is 6.11. The number of aryl methyl sites for hydroxylation is 1. The van der Waals surface area contributed by atoms with Gasteiger partial charge in [-0.1, -0.05) is 6.07 Å². The second kappa shape index (κ2) is 3.92. The Kier molecular flexibility index (Phi) is 2.38. The normalized spacial score (nSPS) is 10.9. The fraction of sp³-hybridized carbons (Fsp3) is 0.0833. The molecule has 5 nitrogen and oxygen atoms in total. The number of nitrogens with one attached hydrogen (secondary N) is 1. The number of H-pyrrole nitrogens is 1. The predicted octanol–water partition coefficient (Wildman–Crippen LogP) is 2.69. The van der Waals surface area contributed by atoms with Crippen LogP contribution in [0.15, 0.2) is 24.3 Å². The molecular formula is C12H9N3O2S. The summed E-state index contributed by atoms with van der Waals surface area (Å²) in [7, 11) is 0. The quantitative estimate of drug-likeness (QED) is 0.741. The third kappa shape index (κ3) is 1.76. The number of aromatic carboxylic acids is 1. The number of carboxylic acids is 1. The third-order valence-corrected chi connectivity index (χ3v) is 3.53. The molecule has 2 aromatic heterocycles. The minimum Gasteiger partial charge on any atom is -0.477 e. The van der Waals surface area contributed by atoms with E-state index in [9.17, 15) is 4.79 Å². The van der Waals surface area contributed by atoms with Crippen LogP contribution in [0.1, 0.15) is 15.5 Å². The summed E-state index contributed by atoms with van der Waals surface area (Å²) in [6.45, 7) is 1.96. The van der Waals surface area contributed by atoms with E-state index >= 15 is 0 Å². The molecule has 0 aliphatic heterocycles. The Hall–Kier alpha value is -2.21. The molecular weight excluding hydrogens is 250 g/mol. The highest BCUT2D eigenvalue weighted by Gasteiger charge is 2.10. The Labute approximate surface area is 106 Å². The van der Waals surface area contributed by atoms with E-state index < -0.39 is 5.97 Å². The summed E-state index contributed by atoms with van der Waals surface area (Å²) >= 11 is 1.61. The van der Waals surface area contributed by atoms with Crippen molar-refractivity contribution < 1.29 is 9.90 Å². The van der Waals surface area contributed by atoms with Crippen LogP contribution in [0.3, 0.4) is 0 Å². The molecule has 0 amide bonds. The number of hydrogen-bond acceptors (Lipinski definition) is 4. The number of aromatic nitrogens is 3. The zero-order valence-corrected chi connectivity index (χ0v) is 10.3. The van der Waals surface area contributed by atoms with Crippen LogP contribution in [-0.4, -0.2) is 26.3 Å². The van der Waals surface area contributed by atoms with Crippen LogP contribution in [-0.2, 0) is 0 Å². The fourth-order valence-electron chi connectivity index (χ4n) is 1.78. The summed E-state index contributed by atoms with van der Waals surface area (Å²) in [5.74, 6) is -1.01. The monoisotopic (exact) mass is 259 g/mol. The number of rotatable bonds is 2. The minimum absolute atomic E-state index is 0.0885. The van der Waals surface area contributed by atoms with E-state index in [1.54, 1.807) is 11.3 Å². The SMILES string of the molecule is Cc1nc2ccc(-c3cc(C(=O)O)[nH]n3)cc2s1. The van der Waals surface area contributed by atoms with Crippen molar-refractivity contribution in [3.05, 3.63) is 35.0 Å². The molecule has 1 aromatic carbocycles. The molecule has 0 saturated heterocycles. The molecule has 0 radical (unpaired) electrons. The van der Waals surface area contributed by atoms with Gasteiger partial charge < -0.3 is 5.11 Å². The van der Waals surface area contributed by atoms with Gasteiger partial charge in [0.05, 0.1) is 20.9 Å². The van der Waals surface area contributed by atoms with Crippen molar-refractivity contribution in [1.82, 2.24) is 15.2 Å². The second-order valence-corrected chi connectivity index (χ2v) is 5.12. The molecule has 0 spiro atoms. The first-order valence-electron chi connectivity index (χ1n) is 5.30. The second-order valence-electron chi connectivity index (χ2n) is 3.89. The zero-order valence-electron chi connectivity index (χ0n) is 9.47. The zero-order chi connectivity index (χ0) is 12.7. The Bertz CT molecular complexity index is 745. The van der Waals surface area contributed by atoms with Crippen molar-refractivity contribution in [2.45, 2.75) is 6.92 Å². The highest BCUT2D eigenvalue weighted by Crippen LogP contribution is 2.27. The van der Waals surface area contributed by atoms with Gasteiger partial charge >= 0.3 is 5.97 Å². The standard InChI is InChI=1S/C12H9N3O2S/c1-6-13-8-3-2-7(4-11(8)18-6)9-5-10(12(16)17)15-14-9/h2-5H,1H3,(H,14,15)(H,16,17). The van der Waals surface area contributed by atoms with Crippen LogP contribution in [0.25, 0.3) is 21.5 Å². The summed E-state index contributed by atoms with van der Waals surface area (Å²) in [5.41, 5.74) is 2.55. The van der Waals surface area contributed by atoms with Crippen molar-refractivity contribution in [3.63, 3.8) is 0 Å². The van der Waals surface area contributed by atoms with E-state index in [0.717, 1.165) is 20.8 Å². The van der Waals surface area contributed by atoms with E-state index in [1.807, 2.05) is 25.1 Å². The van der Waals surface area contributed by atoms with Gasteiger partial charge in [-0.15, -0.1) is 11.3 Å². The van der Waals surface area contributed by atoms with Gasteiger partial charge in [0.1, 0.15) is 5.69 Å². The molecule has 0 aliphatic rings. The Balaban J connectivity index is 2.09. The maximum Gasteiger partial charge on any atom is 0.353 e. The lowest BCUT2D eigenvalue weighted by molar-refractivity contribution is 0.0690. The lowest BCUT2D eigenvalue weighted by Gasteiger charge is -1.95. The minimum atomic E-state index is -1.01. The maximum atomic E-state index is 10.8. The van der Waals surface area contributed by atoms with Gasteiger partial charge in [0.25, 0.3) is 0 Å². The average molecular weight is 259 g/mol. The van der Waals surface area contributed by atoms with Gasteiger partial charge in [0.15, 0.2) is 0 Å². The summed E-state index contributed by atoms with van der Waals surface area (Å²) in [6, 6.07) is 7.31. The molecule has 18 heavy (non-hydrogen) atoms. The lowest BCUT2D eigenvalue weighted by Crippen LogP contribution is -1.95. The van der Waals surface area contributed by atoms with E-state index in [0.29, 0.717) is 5.69 Å². The van der Waals surface area contributed by atoms with Gasteiger partial charge in [0.2, 0.25) is 0 Å². The molecule has 3 aromatic rings. The lowest BCUT2D eigenvalue weighted by atomic mass is 10.1. The summed E-state index contributed by atoms with van der Waals surface area (Å²) in [5, 5.41) is 16.3. The van der Waals surface area contributed by atoms with Crippen molar-refractivity contribution in [2.24, 2.45) is 0 Å². The van der Waals surface area contributed by atoms with E-state index in [4.69, 9.17) is 5.11 Å². The van der Waals surface area contributed by atoms with Gasteiger partial charge in [-0.25, -0.2) is 9.78 Å². The molecule has 0 bridgehead atoms. The number of benzene rings is 1. The van der Waals surface area contributed by atoms with Gasteiger partial charge in [-0.05, 0) is 25.1 Å². The number of carboxylic acid groups (broad SMARTS) is 1. The number of fused-ring (bicyclic) bond motifs is 1. The first kappa shape index (κ1) is 10.9. The highest BCUT2D eigenvalue weighted by atomic mass is 32.1. The smallest absolute Gasteiger partial charge is 0.353 e. The van der Waals surface area contributed by atoms with Crippen LogP contribution in [0.5, 0.6) is 0 Å². The third-order valence-electron chi connectivity index (χ3n) is 2.60. The number of thiazole rings is 1. The molecule has 6 heteroatoms. The van der Waals surface area contributed by atoms with E-state index in [1.165, 1.54) is 6.07 Å². The van der Waals surface area contributed by atoms with E-state index in [-0.39, 0.29) is 5.69 Å². The first-order chi connectivity index (χ1) is 8.63. The van der Waals surface area contributed by atoms with Gasteiger partial charge in [-0.3, -0.25) is 5.10 Å². The van der Waals surface area contributed by atoms with Crippen LogP contribution in [0.4, 0.5) is 0 Å². The summed E-state index contributed by atoms with van der Waals surface area (Å²) in [6.07, 6.45) is 0. The summed E-state index contributed by atoms with van der Waals surface area (Å²) in [4.78, 5) is 15.2. The van der Waals surface area contributed by atoms with Gasteiger partial charge in [0, 0.05) is 5.56 Å². The van der Waals surface area contributed by atoms with Crippen molar-refractivity contribution in [3.8, 4) is 11.3 Å². The molecule has 3 rings (SSSR count). The van der Waals surface area contributed by atoms with Crippen molar-refractivity contribution >= 4 is 27.5 Å². The van der Waals surface area contributed by atoms with Gasteiger partial charge in [-0.2, -0.15) is 5.10 Å². The maximum absolute atomic E-state index is 10.8. The van der Waals surface area contributed by atoms with E-state index in [2.05, 4.69) is 15.2 Å². The van der Waals surface area contributed by atoms with Crippen LogP contribution < -0.4 is 0 Å². The number of nitrogens with zero attached hydrogens (tertiary/aromatic N) is 2. The topological polar surface area (TPSA) is 78.9 Å². The average Bonchev–Trinajstić information content (AvgIpc) is 2.91. The Morgan fingerprint density at radius 1 is 1.39 bits per heavy atom. The number of carbonyl (C=O) groups is 1. The molecule has 90 valence electrons. The molecule has 2 heterocycles. The molecule has 0 unspecified atom stereocenters. The largest absolute Gasteiger partial charge is 0.477 e. The molecule has 0 atom stereocenters. The fourth-order valence-corrected chi connectivity index (χ4v) is 2.64. The predicted molar refractivity (Wildman–Crippen MR) is 68.9 cm³/mol. The number of aromatic amines is 1. The molecule has 0 saturated carbocycles. The van der Waals surface area contributed by atoms with Crippen LogP contribution >= 0.6 is 11.3 Å². The van der Waals surface area contributed by atoms with Crippen molar-refractivity contribution in [2.75, 3.05) is 0 Å². The highest BCUT2D eigenvalue weighted by molar-refractivity contribution is 7.18. The summed E-state index contributed by atoms with van der Waals surface area (Å²) < 4.78 is 1.07. The Morgan fingerprint density at radius 2 is 2.22 bits per heavy atom. The molecule has 0 fully saturated rings. The van der Waals surface area contributed by atoms with Crippen LogP contribution in [0, 0.1) is 6.92 Å². The molecule has 2 N–H and O–H groups in total. The van der Waals surface area contributed by atoms with Crippen molar-refractivity contribution in [1.29, 1.82) is 0 Å². The molecule has 0 aliphatic carbocycles. The Morgan fingerprint density at radius 3 is 2.94 bits per heavy atom. The number of hydrogen-bond donors (Lipinski definition) is 2. The van der Waals surface area contributed by atoms with Crippen LogP contribution in [0.2, 0.25) is 0 Å².